The number of nitrogen functional groups attached to an aromatic ring is 1. The first-order chi connectivity index (χ1) is 10.2. The highest BCUT2D eigenvalue weighted by Gasteiger charge is 2.14. The van der Waals surface area contributed by atoms with E-state index in [-0.39, 0.29) is 11.9 Å². The average Bonchev–Trinajstić information content (AvgIpc) is 2.99. The first kappa shape index (κ1) is 15.3. The molecule has 0 bridgehead atoms. The summed E-state index contributed by atoms with van der Waals surface area (Å²) in [6, 6.07) is 7.14. The summed E-state index contributed by atoms with van der Waals surface area (Å²) in [6.07, 6.45) is 2.86. The second kappa shape index (κ2) is 7.64. The Morgan fingerprint density at radius 1 is 1.52 bits per heavy atom. The van der Waals surface area contributed by atoms with Gasteiger partial charge in [0.25, 0.3) is 0 Å². The molecule has 2 aromatic rings. The zero-order valence-electron chi connectivity index (χ0n) is 11.9. The number of carbonyl (C=O) groups excluding carboxylic acids is 1. The number of nitrogens with one attached hydrogen (secondary N) is 1. The van der Waals surface area contributed by atoms with Crippen molar-refractivity contribution in [3.05, 3.63) is 40.8 Å². The summed E-state index contributed by atoms with van der Waals surface area (Å²) in [7, 11) is 0. The summed E-state index contributed by atoms with van der Waals surface area (Å²) in [5.74, 6) is 0.635. The molecule has 1 heterocycles. The van der Waals surface area contributed by atoms with Gasteiger partial charge in [-0.3, -0.25) is 4.79 Å². The number of aromatic nitrogens is 1. The predicted molar refractivity (Wildman–Crippen MR) is 84.3 cm³/mol. The van der Waals surface area contributed by atoms with Gasteiger partial charge in [-0.1, -0.05) is 13.0 Å². The number of rotatable bonds is 7. The van der Waals surface area contributed by atoms with Gasteiger partial charge in [-0.2, -0.15) is 0 Å². The van der Waals surface area contributed by atoms with Crippen LogP contribution in [-0.2, 0) is 4.79 Å². The van der Waals surface area contributed by atoms with E-state index < -0.39 is 0 Å². The van der Waals surface area contributed by atoms with Gasteiger partial charge in [-0.15, -0.1) is 11.3 Å². The van der Waals surface area contributed by atoms with E-state index in [0.717, 1.165) is 11.4 Å². The van der Waals surface area contributed by atoms with Crippen LogP contribution in [0.3, 0.4) is 0 Å². The fourth-order valence-electron chi connectivity index (χ4n) is 1.88. The van der Waals surface area contributed by atoms with E-state index in [1.165, 1.54) is 0 Å². The second-order valence-corrected chi connectivity index (χ2v) is 5.50. The van der Waals surface area contributed by atoms with Crippen molar-refractivity contribution in [2.24, 2.45) is 0 Å². The highest BCUT2D eigenvalue weighted by atomic mass is 32.1. The molecule has 0 fully saturated rings. The van der Waals surface area contributed by atoms with Crippen molar-refractivity contribution >= 4 is 22.9 Å². The summed E-state index contributed by atoms with van der Waals surface area (Å²) >= 11 is 1.55. The van der Waals surface area contributed by atoms with Crippen molar-refractivity contribution in [2.75, 3.05) is 12.3 Å². The Bertz CT molecular complexity index is 572. The first-order valence-electron chi connectivity index (χ1n) is 6.86. The molecular weight excluding hydrogens is 286 g/mol. The fourth-order valence-corrected chi connectivity index (χ4v) is 2.65. The molecule has 0 aliphatic heterocycles. The second-order valence-electron chi connectivity index (χ2n) is 4.57. The third-order valence-electron chi connectivity index (χ3n) is 2.95. The van der Waals surface area contributed by atoms with Crippen molar-refractivity contribution in [3.8, 4) is 5.75 Å². The molecule has 112 valence electrons. The van der Waals surface area contributed by atoms with E-state index in [1.54, 1.807) is 29.7 Å². The van der Waals surface area contributed by atoms with Crippen molar-refractivity contribution in [1.82, 2.24) is 10.3 Å². The molecular formula is C15H19N3O2S. The zero-order chi connectivity index (χ0) is 15.1. The summed E-state index contributed by atoms with van der Waals surface area (Å²) in [6.45, 7) is 2.35. The van der Waals surface area contributed by atoms with Crippen LogP contribution < -0.4 is 15.8 Å². The number of hydrogen-bond acceptors (Lipinski definition) is 5. The molecule has 1 aromatic carbocycles. The lowest BCUT2D eigenvalue weighted by molar-refractivity contribution is -0.122. The minimum absolute atomic E-state index is 0.0233. The lowest BCUT2D eigenvalue weighted by Gasteiger charge is -2.14. The van der Waals surface area contributed by atoms with Crippen LogP contribution in [0.25, 0.3) is 0 Å². The minimum Gasteiger partial charge on any atom is -0.493 e. The van der Waals surface area contributed by atoms with Crippen LogP contribution >= 0.6 is 11.3 Å². The molecule has 0 saturated heterocycles. The maximum Gasteiger partial charge on any atom is 0.223 e. The molecule has 0 aliphatic rings. The number of anilines is 1. The minimum atomic E-state index is -0.0408. The number of nitrogens with two attached hydrogens (primary N) is 1. The van der Waals surface area contributed by atoms with Crippen LogP contribution in [0.5, 0.6) is 5.75 Å². The van der Waals surface area contributed by atoms with Crippen LogP contribution in [0.15, 0.2) is 35.8 Å². The van der Waals surface area contributed by atoms with E-state index in [2.05, 4.69) is 10.3 Å². The van der Waals surface area contributed by atoms with E-state index in [9.17, 15) is 4.79 Å². The number of amides is 1. The Hall–Kier alpha value is -2.08. The fraction of sp³-hybridized carbons (Fsp3) is 0.333. The molecule has 0 spiro atoms. The van der Waals surface area contributed by atoms with Crippen LogP contribution in [0.1, 0.15) is 30.8 Å². The van der Waals surface area contributed by atoms with Crippen molar-refractivity contribution < 1.29 is 9.53 Å². The molecule has 1 aromatic heterocycles. The van der Waals surface area contributed by atoms with Gasteiger partial charge in [0.2, 0.25) is 5.91 Å². The Labute approximate surface area is 128 Å². The highest BCUT2D eigenvalue weighted by Crippen LogP contribution is 2.19. The van der Waals surface area contributed by atoms with Gasteiger partial charge in [0.15, 0.2) is 0 Å². The number of benzene rings is 1. The molecule has 3 N–H and O–H groups in total. The maximum atomic E-state index is 11.9. The smallest absolute Gasteiger partial charge is 0.223 e. The summed E-state index contributed by atoms with van der Waals surface area (Å²) in [5, 5.41) is 5.81. The zero-order valence-corrected chi connectivity index (χ0v) is 12.7. The first-order valence-corrected chi connectivity index (χ1v) is 7.74. The lowest BCUT2D eigenvalue weighted by Crippen LogP contribution is -2.29. The van der Waals surface area contributed by atoms with Gasteiger partial charge in [-0.25, -0.2) is 4.98 Å². The van der Waals surface area contributed by atoms with Gasteiger partial charge in [0, 0.05) is 23.3 Å². The molecule has 1 amide bonds. The average molecular weight is 305 g/mol. The summed E-state index contributed by atoms with van der Waals surface area (Å²) in [5.41, 5.74) is 6.31. The van der Waals surface area contributed by atoms with Crippen LogP contribution in [0.2, 0.25) is 0 Å². The molecule has 6 heteroatoms. The number of carbonyl (C=O) groups is 1. The molecule has 2 rings (SSSR count). The lowest BCUT2D eigenvalue weighted by atomic mass is 10.2. The van der Waals surface area contributed by atoms with Gasteiger partial charge in [-0.05, 0) is 18.6 Å². The maximum absolute atomic E-state index is 11.9. The molecule has 0 aliphatic carbocycles. The van der Waals surface area contributed by atoms with Crippen LogP contribution in [0, 0.1) is 0 Å². The van der Waals surface area contributed by atoms with Gasteiger partial charge in [0.05, 0.1) is 19.1 Å². The van der Waals surface area contributed by atoms with E-state index in [0.29, 0.717) is 24.5 Å². The number of thiazole rings is 1. The third-order valence-corrected chi connectivity index (χ3v) is 3.84. The molecule has 1 unspecified atom stereocenters. The van der Waals surface area contributed by atoms with Gasteiger partial charge < -0.3 is 15.8 Å². The normalized spacial score (nSPS) is 11.9. The highest BCUT2D eigenvalue weighted by molar-refractivity contribution is 7.09. The van der Waals surface area contributed by atoms with Gasteiger partial charge in [0.1, 0.15) is 10.8 Å². The van der Waals surface area contributed by atoms with Crippen LogP contribution in [-0.4, -0.2) is 17.5 Å². The number of nitrogens with zero attached hydrogens (tertiary/aromatic N) is 1. The van der Waals surface area contributed by atoms with E-state index >= 15 is 0 Å². The van der Waals surface area contributed by atoms with Crippen LogP contribution in [0.4, 0.5) is 5.69 Å². The third kappa shape index (κ3) is 4.75. The van der Waals surface area contributed by atoms with Crippen molar-refractivity contribution in [3.63, 3.8) is 0 Å². The number of hydrogen-bond donors (Lipinski definition) is 2. The predicted octanol–water partition coefficient (Wildman–Crippen LogP) is 2.76. The molecule has 5 nitrogen and oxygen atoms in total. The largest absolute Gasteiger partial charge is 0.493 e. The molecule has 0 radical (unpaired) electrons. The monoisotopic (exact) mass is 305 g/mol. The van der Waals surface area contributed by atoms with Crippen molar-refractivity contribution in [2.45, 2.75) is 25.8 Å². The quantitative estimate of drug-likeness (QED) is 0.771. The Balaban J connectivity index is 1.77. The summed E-state index contributed by atoms with van der Waals surface area (Å²) < 4.78 is 5.51. The Morgan fingerprint density at radius 3 is 3.05 bits per heavy atom. The van der Waals surface area contributed by atoms with E-state index in [1.807, 2.05) is 24.4 Å². The van der Waals surface area contributed by atoms with E-state index in [4.69, 9.17) is 10.5 Å². The van der Waals surface area contributed by atoms with Crippen molar-refractivity contribution in [1.29, 1.82) is 0 Å². The molecule has 1 atom stereocenters. The topological polar surface area (TPSA) is 77.2 Å². The summed E-state index contributed by atoms with van der Waals surface area (Å²) in [4.78, 5) is 16.2. The Morgan fingerprint density at radius 2 is 2.38 bits per heavy atom. The van der Waals surface area contributed by atoms with Gasteiger partial charge >= 0.3 is 0 Å². The Kier molecular flexibility index (Phi) is 5.57. The molecule has 0 saturated carbocycles. The molecule has 21 heavy (non-hydrogen) atoms. The SMILES string of the molecule is CCC(NC(=O)CCOc1cccc(N)c1)c1nccs1. The standard InChI is InChI=1S/C15H19N3O2S/c1-2-13(15-17-7-9-21-15)18-14(19)6-8-20-12-5-3-4-11(16)10-12/h3-5,7,9-10,13H,2,6,8,16H2,1H3,(H,18,19). The number of ether oxygens (including phenoxy) is 1.